The predicted molar refractivity (Wildman–Crippen MR) is 54.1 cm³/mol. The zero-order valence-electron chi connectivity index (χ0n) is 7.45. The molecule has 4 N–H and O–H groups in total. The number of benzene rings is 1. The van der Waals surface area contributed by atoms with Crippen molar-refractivity contribution in [1.82, 2.24) is 4.98 Å². The Balaban J connectivity index is 2.57. The van der Waals surface area contributed by atoms with E-state index >= 15 is 0 Å². The van der Waals surface area contributed by atoms with Gasteiger partial charge in [-0.25, -0.2) is 0 Å². The Morgan fingerprint density at radius 3 is 2.79 bits per heavy atom. The molecule has 72 valence electrons. The molecule has 1 aromatic heterocycles. The number of hydrogen-bond acceptors (Lipinski definition) is 2. The Kier molecular flexibility index (Phi) is 1.89. The summed E-state index contributed by atoms with van der Waals surface area (Å²) in [4.78, 5) is 13.5. The smallest absolute Gasteiger partial charge is 0.309 e. The Hall–Kier alpha value is -1.97. The van der Waals surface area contributed by atoms with Gasteiger partial charge in [-0.1, -0.05) is 18.2 Å². The molecule has 0 fully saturated rings. The largest absolute Gasteiger partial charge is 0.481 e. The molecule has 1 aromatic carbocycles. The Morgan fingerprint density at radius 2 is 2.14 bits per heavy atom. The first-order valence-corrected chi connectivity index (χ1v) is 4.25. The van der Waals surface area contributed by atoms with Crippen molar-refractivity contribution in [2.45, 2.75) is 6.42 Å². The first-order chi connectivity index (χ1) is 6.68. The summed E-state index contributed by atoms with van der Waals surface area (Å²) in [6.07, 6.45) is -0.0689. The maximum Gasteiger partial charge on any atom is 0.309 e. The van der Waals surface area contributed by atoms with Crippen molar-refractivity contribution in [1.29, 1.82) is 0 Å². The van der Waals surface area contributed by atoms with E-state index in [1.54, 1.807) is 0 Å². The van der Waals surface area contributed by atoms with Gasteiger partial charge in [0.05, 0.1) is 17.8 Å². The summed E-state index contributed by atoms with van der Waals surface area (Å²) >= 11 is 0. The van der Waals surface area contributed by atoms with Gasteiger partial charge >= 0.3 is 5.97 Å². The second kappa shape index (κ2) is 3.06. The van der Waals surface area contributed by atoms with Crippen LogP contribution in [0.15, 0.2) is 24.3 Å². The Morgan fingerprint density at radius 1 is 1.43 bits per heavy atom. The van der Waals surface area contributed by atoms with Gasteiger partial charge in [-0.05, 0) is 6.07 Å². The molecule has 0 aliphatic carbocycles. The molecule has 2 rings (SSSR count). The van der Waals surface area contributed by atoms with Crippen LogP contribution in [0.1, 0.15) is 5.69 Å². The summed E-state index contributed by atoms with van der Waals surface area (Å²) in [6, 6.07) is 7.49. The third kappa shape index (κ3) is 1.31. The van der Waals surface area contributed by atoms with Crippen molar-refractivity contribution in [2.75, 3.05) is 5.73 Å². The third-order valence-electron chi connectivity index (χ3n) is 2.16. The van der Waals surface area contributed by atoms with Crippen molar-refractivity contribution in [3.05, 3.63) is 30.0 Å². The van der Waals surface area contributed by atoms with E-state index in [0.717, 1.165) is 10.9 Å². The Bertz CT molecular complexity index is 488. The van der Waals surface area contributed by atoms with E-state index in [2.05, 4.69) is 4.98 Å². The van der Waals surface area contributed by atoms with E-state index in [1.807, 2.05) is 24.3 Å². The van der Waals surface area contributed by atoms with Crippen LogP contribution in [0.2, 0.25) is 0 Å². The summed E-state index contributed by atoms with van der Waals surface area (Å²) in [5.74, 6) is -0.886. The highest BCUT2D eigenvalue weighted by Gasteiger charge is 2.10. The lowest BCUT2D eigenvalue weighted by Crippen LogP contribution is -2.02. The monoisotopic (exact) mass is 190 g/mol. The fourth-order valence-electron chi connectivity index (χ4n) is 1.51. The molecule has 4 heteroatoms. The number of aliphatic carboxylic acids is 1. The number of aromatic amines is 1. The van der Waals surface area contributed by atoms with Crippen LogP contribution in [0.25, 0.3) is 10.9 Å². The highest BCUT2D eigenvalue weighted by Crippen LogP contribution is 2.24. The number of hydrogen-bond donors (Lipinski definition) is 3. The normalized spacial score (nSPS) is 10.6. The molecule has 0 radical (unpaired) electrons. The zero-order chi connectivity index (χ0) is 10.1. The van der Waals surface area contributed by atoms with Gasteiger partial charge in [0, 0.05) is 10.9 Å². The van der Waals surface area contributed by atoms with Gasteiger partial charge in [-0.15, -0.1) is 0 Å². The van der Waals surface area contributed by atoms with Crippen molar-refractivity contribution in [3.63, 3.8) is 0 Å². The second-order valence-electron chi connectivity index (χ2n) is 3.13. The number of carboxylic acid groups (broad SMARTS) is 1. The lowest BCUT2D eigenvalue weighted by molar-refractivity contribution is -0.136. The number of fused-ring (bicyclic) bond motifs is 1. The number of H-pyrrole nitrogens is 1. The number of para-hydroxylation sites is 1. The average molecular weight is 190 g/mol. The van der Waals surface area contributed by atoms with Crippen LogP contribution in [-0.4, -0.2) is 16.1 Å². The highest BCUT2D eigenvalue weighted by molar-refractivity contribution is 5.94. The lowest BCUT2D eigenvalue weighted by atomic mass is 10.2. The van der Waals surface area contributed by atoms with E-state index < -0.39 is 5.97 Å². The van der Waals surface area contributed by atoms with Crippen LogP contribution in [0.4, 0.5) is 5.69 Å². The number of nitrogens with two attached hydrogens (primary N) is 1. The van der Waals surface area contributed by atoms with E-state index in [4.69, 9.17) is 10.8 Å². The Labute approximate surface area is 80.3 Å². The maximum absolute atomic E-state index is 10.5. The van der Waals surface area contributed by atoms with E-state index in [9.17, 15) is 4.79 Å². The van der Waals surface area contributed by atoms with Gasteiger partial charge in [0.2, 0.25) is 0 Å². The van der Waals surface area contributed by atoms with E-state index in [-0.39, 0.29) is 6.42 Å². The molecule has 14 heavy (non-hydrogen) atoms. The van der Waals surface area contributed by atoms with Crippen LogP contribution in [-0.2, 0) is 11.2 Å². The van der Waals surface area contributed by atoms with Crippen molar-refractivity contribution >= 4 is 22.6 Å². The summed E-state index contributed by atoms with van der Waals surface area (Å²) in [5.41, 5.74) is 7.77. The number of rotatable bonds is 2. The van der Waals surface area contributed by atoms with Crippen LogP contribution < -0.4 is 5.73 Å². The van der Waals surface area contributed by atoms with Crippen LogP contribution in [0.5, 0.6) is 0 Å². The number of nitrogen functional groups attached to an aromatic ring is 1. The number of carbonyl (C=O) groups is 1. The van der Waals surface area contributed by atoms with Gasteiger partial charge < -0.3 is 15.8 Å². The summed E-state index contributed by atoms with van der Waals surface area (Å²) < 4.78 is 0. The van der Waals surface area contributed by atoms with Crippen molar-refractivity contribution in [2.24, 2.45) is 0 Å². The standard InChI is InChI=1S/C10H10N2O2/c11-10-6-3-1-2-4-7(6)12-8(10)5-9(13)14/h1-4,12H,5,11H2,(H,13,14). The van der Waals surface area contributed by atoms with Crippen LogP contribution >= 0.6 is 0 Å². The number of nitrogens with one attached hydrogen (secondary N) is 1. The molecule has 0 saturated heterocycles. The SMILES string of the molecule is Nc1c(CC(=O)O)[nH]c2ccccc12. The number of anilines is 1. The number of carboxylic acids is 1. The molecular formula is C10H10N2O2. The highest BCUT2D eigenvalue weighted by atomic mass is 16.4. The van der Waals surface area contributed by atoms with Crippen LogP contribution in [0, 0.1) is 0 Å². The molecule has 0 spiro atoms. The molecule has 0 amide bonds. The van der Waals surface area contributed by atoms with Gasteiger partial charge in [-0.3, -0.25) is 4.79 Å². The van der Waals surface area contributed by atoms with Crippen LogP contribution in [0.3, 0.4) is 0 Å². The van der Waals surface area contributed by atoms with Gasteiger partial charge in [0.15, 0.2) is 0 Å². The second-order valence-corrected chi connectivity index (χ2v) is 3.13. The van der Waals surface area contributed by atoms with Crippen molar-refractivity contribution < 1.29 is 9.90 Å². The molecule has 0 aliphatic rings. The zero-order valence-corrected chi connectivity index (χ0v) is 7.45. The lowest BCUT2D eigenvalue weighted by Gasteiger charge is -1.93. The third-order valence-corrected chi connectivity index (χ3v) is 2.16. The van der Waals surface area contributed by atoms with Crippen molar-refractivity contribution in [3.8, 4) is 0 Å². The molecule has 0 atom stereocenters. The summed E-state index contributed by atoms with van der Waals surface area (Å²) in [6.45, 7) is 0. The minimum absolute atomic E-state index is 0.0689. The molecule has 2 aromatic rings. The quantitative estimate of drug-likeness (QED) is 0.669. The average Bonchev–Trinajstić information content (AvgIpc) is 2.44. The fourth-order valence-corrected chi connectivity index (χ4v) is 1.51. The van der Waals surface area contributed by atoms with Gasteiger partial charge in [0.25, 0.3) is 0 Å². The summed E-state index contributed by atoms with van der Waals surface area (Å²) in [5, 5.41) is 9.52. The molecule has 1 heterocycles. The van der Waals surface area contributed by atoms with Gasteiger partial charge in [0.1, 0.15) is 0 Å². The molecule has 0 bridgehead atoms. The minimum Gasteiger partial charge on any atom is -0.481 e. The molecular weight excluding hydrogens is 180 g/mol. The fraction of sp³-hybridized carbons (Fsp3) is 0.100. The molecule has 4 nitrogen and oxygen atoms in total. The topological polar surface area (TPSA) is 79.1 Å². The molecule has 0 aliphatic heterocycles. The first kappa shape index (κ1) is 8.62. The predicted octanol–water partition coefficient (Wildman–Crippen LogP) is 1.38. The maximum atomic E-state index is 10.5. The first-order valence-electron chi connectivity index (χ1n) is 4.25. The number of aromatic nitrogens is 1. The van der Waals surface area contributed by atoms with E-state index in [1.165, 1.54) is 0 Å². The summed E-state index contributed by atoms with van der Waals surface area (Å²) in [7, 11) is 0. The van der Waals surface area contributed by atoms with E-state index in [0.29, 0.717) is 11.4 Å². The molecule has 0 saturated carbocycles. The minimum atomic E-state index is -0.886. The molecule has 0 unspecified atom stereocenters. The van der Waals surface area contributed by atoms with Gasteiger partial charge in [-0.2, -0.15) is 0 Å².